The number of hydrogen-bond donors (Lipinski definition) is 0. The summed E-state index contributed by atoms with van der Waals surface area (Å²) in [6, 6.07) is 7.30. The molecule has 0 radical (unpaired) electrons. The molecule has 22 heavy (non-hydrogen) atoms. The predicted octanol–water partition coefficient (Wildman–Crippen LogP) is 1.12. The fourth-order valence-corrected chi connectivity index (χ4v) is 2.33. The third-order valence-electron chi connectivity index (χ3n) is 3.53. The van der Waals surface area contributed by atoms with E-state index in [1.54, 1.807) is 6.07 Å². The molecule has 1 aromatic rings. The molecule has 7 heteroatoms. The van der Waals surface area contributed by atoms with Crippen molar-refractivity contribution >= 4 is 18.4 Å². The van der Waals surface area contributed by atoms with Gasteiger partial charge in [-0.3, -0.25) is 4.90 Å². The molecule has 0 saturated carbocycles. The van der Waals surface area contributed by atoms with Gasteiger partial charge < -0.3 is 18.9 Å². The van der Waals surface area contributed by atoms with E-state index < -0.39 is 6.10 Å². The van der Waals surface area contributed by atoms with Crippen LogP contribution in [0.3, 0.4) is 0 Å². The lowest BCUT2D eigenvalue weighted by atomic mass is 10.2. The van der Waals surface area contributed by atoms with Crippen LogP contribution in [0.2, 0.25) is 0 Å². The van der Waals surface area contributed by atoms with Crippen LogP contribution in [0.1, 0.15) is 0 Å². The van der Waals surface area contributed by atoms with Crippen molar-refractivity contribution in [2.45, 2.75) is 6.10 Å². The molecule has 1 fully saturated rings. The first-order valence-corrected chi connectivity index (χ1v) is 7.18. The predicted molar refractivity (Wildman–Crippen MR) is 81.8 cm³/mol. The SMILES string of the molecule is Cl.O=C(OCCN1CCOCC1)C1COc2ccccc2O1. The largest absolute Gasteiger partial charge is 0.485 e. The number of carbonyl (C=O) groups excluding carboxylic acids is 1. The molecule has 0 aromatic heterocycles. The lowest BCUT2D eigenvalue weighted by molar-refractivity contribution is -0.155. The Labute approximate surface area is 135 Å². The van der Waals surface area contributed by atoms with Gasteiger partial charge in [0.1, 0.15) is 13.2 Å². The van der Waals surface area contributed by atoms with Gasteiger partial charge in [-0.05, 0) is 12.1 Å². The first-order valence-electron chi connectivity index (χ1n) is 7.18. The molecule has 2 aliphatic heterocycles. The van der Waals surface area contributed by atoms with E-state index in [1.165, 1.54) is 0 Å². The monoisotopic (exact) mass is 329 g/mol. The van der Waals surface area contributed by atoms with Crippen LogP contribution in [0, 0.1) is 0 Å². The van der Waals surface area contributed by atoms with E-state index in [9.17, 15) is 4.79 Å². The zero-order chi connectivity index (χ0) is 14.5. The molecule has 1 aromatic carbocycles. The van der Waals surface area contributed by atoms with E-state index in [-0.39, 0.29) is 25.0 Å². The smallest absolute Gasteiger partial charge is 0.351 e. The molecule has 1 unspecified atom stereocenters. The highest BCUT2D eigenvalue weighted by Crippen LogP contribution is 2.31. The van der Waals surface area contributed by atoms with Crippen molar-refractivity contribution in [3.05, 3.63) is 24.3 Å². The Kier molecular flexibility index (Phi) is 6.30. The van der Waals surface area contributed by atoms with E-state index in [1.807, 2.05) is 18.2 Å². The standard InChI is InChI=1S/C15H19NO5.ClH/c17-15(19-10-7-16-5-8-18-9-6-16)14-11-20-12-3-1-2-4-13(12)21-14;/h1-4,14H,5-11H2;1H. The van der Waals surface area contributed by atoms with Gasteiger partial charge in [0.25, 0.3) is 0 Å². The molecule has 6 nitrogen and oxygen atoms in total. The minimum Gasteiger partial charge on any atom is -0.485 e. The van der Waals surface area contributed by atoms with Gasteiger partial charge in [0.15, 0.2) is 11.5 Å². The van der Waals surface area contributed by atoms with Crippen molar-refractivity contribution in [1.82, 2.24) is 4.90 Å². The highest BCUT2D eigenvalue weighted by atomic mass is 35.5. The zero-order valence-electron chi connectivity index (χ0n) is 12.2. The number of para-hydroxylation sites is 2. The van der Waals surface area contributed by atoms with Crippen molar-refractivity contribution in [1.29, 1.82) is 0 Å². The lowest BCUT2D eigenvalue weighted by Crippen LogP contribution is -2.41. The lowest BCUT2D eigenvalue weighted by Gasteiger charge is -2.27. The van der Waals surface area contributed by atoms with Crippen molar-refractivity contribution in [2.75, 3.05) is 46.1 Å². The van der Waals surface area contributed by atoms with Crippen molar-refractivity contribution < 1.29 is 23.7 Å². The molecule has 0 bridgehead atoms. The Hall–Kier alpha value is -1.50. The summed E-state index contributed by atoms with van der Waals surface area (Å²) in [5.41, 5.74) is 0. The average molecular weight is 330 g/mol. The van der Waals surface area contributed by atoms with E-state index >= 15 is 0 Å². The van der Waals surface area contributed by atoms with E-state index in [4.69, 9.17) is 18.9 Å². The molecular weight excluding hydrogens is 310 g/mol. The maximum absolute atomic E-state index is 12.0. The van der Waals surface area contributed by atoms with Crippen LogP contribution in [-0.4, -0.2) is 63.0 Å². The Morgan fingerprint density at radius 3 is 2.73 bits per heavy atom. The van der Waals surface area contributed by atoms with Crippen molar-refractivity contribution in [3.8, 4) is 11.5 Å². The number of morpholine rings is 1. The molecule has 3 rings (SSSR count). The highest BCUT2D eigenvalue weighted by molar-refractivity contribution is 5.85. The van der Waals surface area contributed by atoms with Gasteiger partial charge in [0.2, 0.25) is 6.10 Å². The molecule has 1 saturated heterocycles. The van der Waals surface area contributed by atoms with E-state index in [0.29, 0.717) is 18.1 Å². The van der Waals surface area contributed by atoms with Crippen LogP contribution in [0.25, 0.3) is 0 Å². The minimum atomic E-state index is -0.690. The van der Waals surface area contributed by atoms with Gasteiger partial charge in [0.05, 0.1) is 13.2 Å². The second kappa shape index (κ2) is 8.22. The number of carbonyl (C=O) groups is 1. The van der Waals surface area contributed by atoms with Gasteiger partial charge in [-0.1, -0.05) is 12.1 Å². The summed E-state index contributed by atoms with van der Waals surface area (Å²) in [5.74, 6) is 0.867. The highest BCUT2D eigenvalue weighted by Gasteiger charge is 2.28. The number of halogens is 1. The summed E-state index contributed by atoms with van der Waals surface area (Å²) >= 11 is 0. The van der Waals surface area contributed by atoms with Gasteiger partial charge in [-0.2, -0.15) is 0 Å². The fraction of sp³-hybridized carbons (Fsp3) is 0.533. The average Bonchev–Trinajstić information content (AvgIpc) is 2.55. The summed E-state index contributed by atoms with van der Waals surface area (Å²) in [5, 5.41) is 0. The molecule has 2 heterocycles. The fourth-order valence-electron chi connectivity index (χ4n) is 2.33. The van der Waals surface area contributed by atoms with E-state index in [0.717, 1.165) is 32.8 Å². The number of esters is 1. The van der Waals surface area contributed by atoms with Crippen molar-refractivity contribution in [3.63, 3.8) is 0 Å². The Morgan fingerprint density at radius 1 is 1.23 bits per heavy atom. The molecule has 0 spiro atoms. The second-order valence-corrected chi connectivity index (χ2v) is 4.99. The normalized spacial score (nSPS) is 20.8. The van der Waals surface area contributed by atoms with E-state index in [2.05, 4.69) is 4.90 Å². The maximum atomic E-state index is 12.0. The molecular formula is C15H20ClNO5. The van der Waals surface area contributed by atoms with Crippen LogP contribution in [0.5, 0.6) is 11.5 Å². The van der Waals surface area contributed by atoms with Crippen LogP contribution >= 0.6 is 12.4 Å². The van der Waals surface area contributed by atoms with Gasteiger partial charge in [-0.25, -0.2) is 4.79 Å². The molecule has 0 aliphatic carbocycles. The Bertz CT molecular complexity index is 493. The number of benzene rings is 1. The van der Waals surface area contributed by atoms with Crippen molar-refractivity contribution in [2.24, 2.45) is 0 Å². The van der Waals surface area contributed by atoms with Crippen LogP contribution < -0.4 is 9.47 Å². The van der Waals surface area contributed by atoms with Gasteiger partial charge in [-0.15, -0.1) is 12.4 Å². The summed E-state index contributed by atoms with van der Waals surface area (Å²) < 4.78 is 21.6. The summed E-state index contributed by atoms with van der Waals surface area (Å²) in [6.07, 6.45) is -0.690. The number of ether oxygens (including phenoxy) is 4. The summed E-state index contributed by atoms with van der Waals surface area (Å²) in [7, 11) is 0. The first kappa shape index (κ1) is 16.9. The summed E-state index contributed by atoms with van der Waals surface area (Å²) in [4.78, 5) is 14.2. The topological polar surface area (TPSA) is 57.2 Å². The molecule has 0 amide bonds. The second-order valence-electron chi connectivity index (χ2n) is 4.99. The Balaban J connectivity index is 0.00000176. The molecule has 2 aliphatic rings. The van der Waals surface area contributed by atoms with Gasteiger partial charge >= 0.3 is 5.97 Å². The quantitative estimate of drug-likeness (QED) is 0.772. The van der Waals surface area contributed by atoms with Crippen LogP contribution in [0.15, 0.2) is 24.3 Å². The minimum absolute atomic E-state index is 0. The summed E-state index contributed by atoms with van der Waals surface area (Å²) in [6.45, 7) is 4.52. The Morgan fingerprint density at radius 2 is 1.95 bits per heavy atom. The third kappa shape index (κ3) is 4.25. The zero-order valence-corrected chi connectivity index (χ0v) is 13.0. The van der Waals surface area contributed by atoms with Crippen LogP contribution in [-0.2, 0) is 14.3 Å². The van der Waals surface area contributed by atoms with Gasteiger partial charge in [0, 0.05) is 19.6 Å². The molecule has 0 N–H and O–H groups in total. The number of nitrogens with zero attached hydrogens (tertiary/aromatic N) is 1. The number of rotatable bonds is 4. The number of fused-ring (bicyclic) bond motifs is 1. The maximum Gasteiger partial charge on any atom is 0.351 e. The number of hydrogen-bond acceptors (Lipinski definition) is 6. The third-order valence-corrected chi connectivity index (χ3v) is 3.53. The first-order chi connectivity index (χ1) is 10.3. The molecule has 122 valence electrons. The van der Waals surface area contributed by atoms with Crippen LogP contribution in [0.4, 0.5) is 0 Å². The molecule has 1 atom stereocenters.